The number of carbonyl (C=O) groups is 1. The van der Waals surface area contributed by atoms with Crippen LogP contribution >= 0.6 is 23.4 Å². The predicted molar refractivity (Wildman–Crippen MR) is 260 cm³/mol. The lowest BCUT2D eigenvalue weighted by Crippen LogP contribution is -2.46. The Balaban J connectivity index is 1.02. The first kappa shape index (κ1) is 46.0. The molecule has 2 heterocycles. The second-order valence-electron chi connectivity index (χ2n) is 15.9. The average molecular weight is 923 g/mol. The topological polar surface area (TPSA) is 153 Å². The number of aromatic nitrogens is 1. The summed E-state index contributed by atoms with van der Waals surface area (Å²) >= 11 is 7.88. The number of hydrogen-bond donors (Lipinski definition) is 3. The maximum atomic E-state index is 13.6. The lowest BCUT2D eigenvalue weighted by molar-refractivity contribution is -0.384. The Morgan fingerprint density at radius 3 is 2.16 bits per heavy atom. The van der Waals surface area contributed by atoms with Crippen LogP contribution in [0, 0.1) is 10.1 Å². The third-order valence-corrected chi connectivity index (χ3v) is 14.2. The molecule has 0 aliphatic carbocycles. The number of piperazine rings is 1. The van der Waals surface area contributed by atoms with E-state index >= 15 is 0 Å². The highest BCUT2D eigenvalue weighted by Gasteiger charge is 2.28. The number of hydrogen-bond acceptors (Lipinski definition) is 10. The summed E-state index contributed by atoms with van der Waals surface area (Å²) in [5, 5.41) is 26.6. The predicted octanol–water partition coefficient (Wildman–Crippen LogP) is 9.83. The molecule has 64 heavy (non-hydrogen) atoms. The molecule has 0 spiro atoms. The number of nitrogens with zero attached hydrogens (tertiary/aromatic N) is 5. The van der Waals surface area contributed by atoms with E-state index in [1.807, 2.05) is 106 Å². The molecule has 1 aromatic heterocycles. The first-order chi connectivity index (χ1) is 30.7. The van der Waals surface area contributed by atoms with Crippen LogP contribution in [-0.4, -0.2) is 92.5 Å². The number of carboxylic acid groups (broad SMARTS) is 1. The largest absolute Gasteiger partial charge is 0.477 e. The number of rotatable bonds is 18. The molecule has 1 fully saturated rings. The van der Waals surface area contributed by atoms with Gasteiger partial charge in [-0.05, 0) is 117 Å². The molecule has 16 heteroatoms. The SMILES string of the molecule is CCc1c(-c2ccc(Cl)cc2)c(-c2cccc(N3CCN(c4ccc(NS(=O)(=O)c5ccc(NC(CCN(C)C)CSc6ccccc6)c([N+](=O)[O-])c5)cc4)CC3)c2)c(C(=O)O)n1C. The van der Waals surface area contributed by atoms with Gasteiger partial charge in [0.15, 0.2) is 0 Å². The van der Waals surface area contributed by atoms with E-state index in [1.54, 1.807) is 35.5 Å². The van der Waals surface area contributed by atoms with Crippen molar-refractivity contribution in [1.82, 2.24) is 9.47 Å². The normalized spacial score (nSPS) is 13.5. The summed E-state index contributed by atoms with van der Waals surface area (Å²) in [5.74, 6) is -0.333. The van der Waals surface area contributed by atoms with Crippen LogP contribution in [0.3, 0.4) is 0 Å². The van der Waals surface area contributed by atoms with Gasteiger partial charge in [-0.15, -0.1) is 11.8 Å². The van der Waals surface area contributed by atoms with Gasteiger partial charge in [-0.1, -0.05) is 61.0 Å². The maximum absolute atomic E-state index is 13.6. The van der Waals surface area contributed by atoms with Crippen LogP contribution in [0.4, 0.5) is 28.4 Å². The van der Waals surface area contributed by atoms with Crippen LogP contribution in [0.5, 0.6) is 0 Å². The van der Waals surface area contributed by atoms with Gasteiger partial charge in [0, 0.05) is 94.9 Å². The van der Waals surface area contributed by atoms with E-state index in [-0.39, 0.29) is 28.0 Å². The van der Waals surface area contributed by atoms with Crippen molar-refractivity contribution in [2.45, 2.75) is 35.6 Å². The molecular formula is C48H52ClN7O6S2. The van der Waals surface area contributed by atoms with Crippen LogP contribution in [0.25, 0.3) is 22.3 Å². The van der Waals surface area contributed by atoms with Crippen molar-refractivity contribution in [3.05, 3.63) is 148 Å². The van der Waals surface area contributed by atoms with Crippen molar-refractivity contribution in [1.29, 1.82) is 0 Å². The van der Waals surface area contributed by atoms with Crippen molar-refractivity contribution in [2.75, 3.05) is 72.4 Å². The second kappa shape index (κ2) is 20.2. The Morgan fingerprint density at radius 2 is 1.53 bits per heavy atom. The Morgan fingerprint density at radius 1 is 0.859 bits per heavy atom. The quantitative estimate of drug-likeness (QED) is 0.0429. The van der Waals surface area contributed by atoms with Crippen molar-refractivity contribution in [3.63, 3.8) is 0 Å². The van der Waals surface area contributed by atoms with E-state index in [1.165, 1.54) is 12.1 Å². The number of nitro benzene ring substituents is 1. The number of sulfonamides is 1. The summed E-state index contributed by atoms with van der Waals surface area (Å²) in [7, 11) is 1.59. The lowest BCUT2D eigenvalue weighted by atomic mass is 9.93. The number of thioether (sulfide) groups is 1. The molecule has 1 aliphatic rings. The highest BCUT2D eigenvalue weighted by molar-refractivity contribution is 7.99. The van der Waals surface area contributed by atoms with Crippen molar-refractivity contribution in [3.8, 4) is 22.3 Å². The summed E-state index contributed by atoms with van der Waals surface area (Å²) in [6.07, 6.45) is 1.37. The molecular weight excluding hydrogens is 870 g/mol. The van der Waals surface area contributed by atoms with Crippen LogP contribution in [-0.2, 0) is 23.5 Å². The molecule has 1 saturated heterocycles. The van der Waals surface area contributed by atoms with Gasteiger partial charge in [0.2, 0.25) is 0 Å². The molecule has 0 radical (unpaired) electrons. The third kappa shape index (κ3) is 10.7. The van der Waals surface area contributed by atoms with Crippen LogP contribution in [0.1, 0.15) is 29.5 Å². The third-order valence-electron chi connectivity index (χ3n) is 11.4. The lowest BCUT2D eigenvalue weighted by Gasteiger charge is -2.37. The minimum absolute atomic E-state index is 0.114. The Hall–Kier alpha value is -6.00. The molecule has 1 atom stereocenters. The summed E-state index contributed by atoms with van der Waals surface area (Å²) in [6.45, 7) is 5.59. The minimum atomic E-state index is -4.16. The van der Waals surface area contributed by atoms with E-state index in [9.17, 15) is 28.4 Å². The summed E-state index contributed by atoms with van der Waals surface area (Å²) in [4.78, 5) is 31.9. The van der Waals surface area contributed by atoms with Crippen LogP contribution < -0.4 is 19.8 Å². The molecule has 3 N–H and O–H groups in total. The molecule has 7 rings (SSSR count). The standard InChI is InChI=1S/C48H52ClN7O6S2/c1-5-43-45(33-14-16-35(49)17-15-33)46(47(48(57)58)53(43)4)34-10-9-11-39(30-34)55-28-26-54(27-29-55)38-20-18-36(19-21-38)51-64(61,62)41-22-23-42(44(31-41)56(59)60)50-37(24-25-52(2)3)32-63-40-12-7-6-8-13-40/h6-23,30-31,37,50-51H,5,24-29,32H2,1-4H3,(H,57,58). The number of nitro groups is 1. The molecule has 6 aromatic rings. The zero-order chi connectivity index (χ0) is 45.5. The van der Waals surface area contributed by atoms with Gasteiger partial charge >= 0.3 is 5.97 Å². The number of carboxylic acids is 1. The van der Waals surface area contributed by atoms with Crippen molar-refractivity contribution < 1.29 is 23.2 Å². The van der Waals surface area contributed by atoms with E-state index in [2.05, 4.69) is 30.8 Å². The number of benzene rings is 5. The fourth-order valence-electron chi connectivity index (χ4n) is 8.14. The molecule has 1 unspecified atom stereocenters. The summed E-state index contributed by atoms with van der Waals surface area (Å²) < 4.78 is 31.6. The van der Waals surface area contributed by atoms with E-state index in [4.69, 9.17) is 11.6 Å². The number of halogens is 1. The first-order valence-corrected chi connectivity index (χ1v) is 23.9. The highest BCUT2D eigenvalue weighted by atomic mass is 35.5. The van der Waals surface area contributed by atoms with Crippen LogP contribution in [0.15, 0.2) is 131 Å². The Labute approximate surface area is 383 Å². The molecule has 13 nitrogen and oxygen atoms in total. The average Bonchev–Trinajstić information content (AvgIpc) is 3.60. The van der Waals surface area contributed by atoms with E-state index < -0.39 is 20.9 Å². The van der Waals surface area contributed by atoms with Gasteiger partial charge in [0.1, 0.15) is 11.4 Å². The van der Waals surface area contributed by atoms with E-state index in [0.717, 1.165) is 57.7 Å². The summed E-state index contributed by atoms with van der Waals surface area (Å²) in [6, 6.07) is 36.4. The van der Waals surface area contributed by atoms with Gasteiger partial charge in [-0.2, -0.15) is 0 Å². The molecule has 334 valence electrons. The van der Waals surface area contributed by atoms with Crippen molar-refractivity contribution >= 4 is 67.8 Å². The zero-order valence-corrected chi connectivity index (χ0v) is 38.6. The Kier molecular flexibility index (Phi) is 14.5. The fraction of sp³-hybridized carbons (Fsp3) is 0.271. The van der Waals surface area contributed by atoms with Crippen molar-refractivity contribution in [2.24, 2.45) is 7.05 Å². The monoisotopic (exact) mass is 921 g/mol. The minimum Gasteiger partial charge on any atom is -0.477 e. The molecule has 5 aromatic carbocycles. The summed E-state index contributed by atoms with van der Waals surface area (Å²) in [5.41, 5.74) is 6.61. The van der Waals surface area contributed by atoms with Gasteiger partial charge in [0.25, 0.3) is 15.7 Å². The zero-order valence-electron chi connectivity index (χ0n) is 36.2. The fourth-order valence-corrected chi connectivity index (χ4v) is 10.3. The number of aromatic carboxylic acids is 1. The van der Waals surface area contributed by atoms with Gasteiger partial charge in [-0.25, -0.2) is 13.2 Å². The van der Waals surface area contributed by atoms with Gasteiger partial charge < -0.3 is 29.7 Å². The Bertz CT molecular complexity index is 2710. The molecule has 0 bridgehead atoms. The van der Waals surface area contributed by atoms with E-state index in [0.29, 0.717) is 54.6 Å². The first-order valence-electron chi connectivity index (χ1n) is 21.0. The second-order valence-corrected chi connectivity index (χ2v) is 19.2. The maximum Gasteiger partial charge on any atom is 0.353 e. The highest BCUT2D eigenvalue weighted by Crippen LogP contribution is 2.42. The number of anilines is 4. The van der Waals surface area contributed by atoms with Gasteiger partial charge in [-0.3, -0.25) is 14.8 Å². The smallest absolute Gasteiger partial charge is 0.353 e. The van der Waals surface area contributed by atoms with Gasteiger partial charge in [0.05, 0.1) is 9.82 Å². The molecule has 0 amide bonds. The number of nitrogens with one attached hydrogen (secondary N) is 2. The molecule has 0 saturated carbocycles. The van der Waals surface area contributed by atoms with Crippen LogP contribution in [0.2, 0.25) is 5.02 Å². The molecule has 1 aliphatic heterocycles.